The van der Waals surface area contributed by atoms with Crippen LogP contribution in [-0.4, -0.2) is 24.5 Å². The van der Waals surface area contributed by atoms with Crippen molar-refractivity contribution in [2.24, 2.45) is 5.73 Å². The van der Waals surface area contributed by atoms with Gasteiger partial charge >= 0.3 is 6.03 Å². The van der Waals surface area contributed by atoms with E-state index in [4.69, 9.17) is 5.73 Å². The smallest absolute Gasteiger partial charge is 0.312 e. The third-order valence-corrected chi connectivity index (χ3v) is 5.81. The second-order valence-electron chi connectivity index (χ2n) is 6.78. The van der Waals surface area contributed by atoms with Crippen LogP contribution in [0.5, 0.6) is 0 Å². The maximum atomic E-state index is 12.5. The molecule has 1 aliphatic heterocycles. The number of primary amides is 1. The lowest BCUT2D eigenvalue weighted by molar-refractivity contribution is -0.118. The van der Waals surface area contributed by atoms with E-state index in [9.17, 15) is 9.59 Å². The average molecular weight is 387 g/mol. The summed E-state index contributed by atoms with van der Waals surface area (Å²) in [7, 11) is 0. The number of nitrogens with two attached hydrogens (primary N) is 1. The van der Waals surface area contributed by atoms with E-state index in [1.165, 1.54) is 10.4 Å². The quantitative estimate of drug-likeness (QED) is 0.681. The number of rotatable bonds is 7. The van der Waals surface area contributed by atoms with Gasteiger partial charge in [-0.1, -0.05) is 19.8 Å². The largest absolute Gasteiger partial charge is 0.367 e. The van der Waals surface area contributed by atoms with Crippen molar-refractivity contribution in [3.05, 3.63) is 46.2 Å². The predicted molar refractivity (Wildman–Crippen MR) is 110 cm³/mol. The number of hydrogen-bond donors (Lipinski definition) is 3. The van der Waals surface area contributed by atoms with Gasteiger partial charge in [-0.2, -0.15) is 0 Å². The molecule has 1 aromatic heterocycles. The summed E-state index contributed by atoms with van der Waals surface area (Å²) in [5.41, 5.74) is 8.45. The molecule has 3 rings (SSSR count). The Bertz CT molecular complexity index is 788. The van der Waals surface area contributed by atoms with E-state index in [0.29, 0.717) is 12.1 Å². The summed E-state index contributed by atoms with van der Waals surface area (Å²) < 4.78 is 0. The van der Waals surface area contributed by atoms with Crippen LogP contribution < -0.4 is 21.3 Å². The monoisotopic (exact) mass is 386 g/mol. The van der Waals surface area contributed by atoms with Gasteiger partial charge in [0.05, 0.1) is 0 Å². The summed E-state index contributed by atoms with van der Waals surface area (Å²) in [6.45, 7) is 3.96. The van der Waals surface area contributed by atoms with E-state index in [-0.39, 0.29) is 5.91 Å². The maximum Gasteiger partial charge on any atom is 0.312 e. The fourth-order valence-electron chi connectivity index (χ4n) is 3.30. The van der Waals surface area contributed by atoms with Gasteiger partial charge in [0.1, 0.15) is 6.04 Å². The number of unbranched alkanes of at least 4 members (excludes halogenated alkanes) is 1. The van der Waals surface area contributed by atoms with E-state index >= 15 is 0 Å². The molecule has 0 radical (unpaired) electrons. The van der Waals surface area contributed by atoms with Crippen molar-refractivity contribution in [2.45, 2.75) is 45.2 Å². The highest BCUT2D eigenvalue weighted by molar-refractivity contribution is 7.10. The summed E-state index contributed by atoms with van der Waals surface area (Å²) in [6, 6.07) is 8.75. The normalized spacial score (nSPS) is 14.3. The topological polar surface area (TPSA) is 87.5 Å². The molecule has 27 heavy (non-hydrogen) atoms. The standard InChI is InChI=1S/C20H26N4O2S/c1-2-3-4-17(23-20(21)26)19(25)22-15-5-7-16(8-6-15)24-11-9-18-14(13-24)10-12-27-18/h5-8,10,12,17H,2-4,9,11,13H2,1H3,(H,22,25)(H3,21,23,26). The summed E-state index contributed by atoms with van der Waals surface area (Å²) in [5, 5.41) is 7.55. The summed E-state index contributed by atoms with van der Waals surface area (Å²) in [5.74, 6) is -0.240. The number of carbonyl (C=O) groups excluding carboxylic acids is 2. The minimum atomic E-state index is -0.681. The number of nitrogens with zero attached hydrogens (tertiary/aromatic N) is 1. The summed E-state index contributed by atoms with van der Waals surface area (Å²) in [6.07, 6.45) is 3.43. The molecular weight excluding hydrogens is 360 g/mol. The molecule has 1 atom stereocenters. The van der Waals surface area contributed by atoms with Gasteiger partial charge in [-0.15, -0.1) is 11.3 Å². The van der Waals surface area contributed by atoms with Gasteiger partial charge in [0, 0.05) is 29.3 Å². The van der Waals surface area contributed by atoms with E-state index in [2.05, 4.69) is 27.0 Å². The first kappa shape index (κ1) is 19.2. The first-order valence-corrected chi connectivity index (χ1v) is 10.2. The number of hydrogen-bond acceptors (Lipinski definition) is 4. The van der Waals surface area contributed by atoms with Crippen molar-refractivity contribution in [1.29, 1.82) is 0 Å². The van der Waals surface area contributed by atoms with Crippen molar-refractivity contribution in [2.75, 3.05) is 16.8 Å². The van der Waals surface area contributed by atoms with E-state index in [0.717, 1.165) is 38.0 Å². The number of carbonyl (C=O) groups is 2. The number of urea groups is 1. The zero-order chi connectivity index (χ0) is 19.2. The second kappa shape index (κ2) is 8.90. The molecule has 6 nitrogen and oxygen atoms in total. The van der Waals surface area contributed by atoms with Crippen molar-refractivity contribution in [1.82, 2.24) is 5.32 Å². The highest BCUT2D eigenvalue weighted by atomic mass is 32.1. The van der Waals surface area contributed by atoms with Gasteiger partial charge in [0.25, 0.3) is 0 Å². The number of fused-ring (bicyclic) bond motifs is 1. The third kappa shape index (κ3) is 5.01. The molecule has 3 amide bonds. The van der Waals surface area contributed by atoms with Crippen LogP contribution in [0.4, 0.5) is 16.2 Å². The molecule has 0 saturated heterocycles. The molecule has 1 aliphatic rings. The Morgan fingerprint density at radius 3 is 2.74 bits per heavy atom. The van der Waals surface area contributed by atoms with Crippen molar-refractivity contribution in [3.63, 3.8) is 0 Å². The SMILES string of the molecule is CCCCC(NC(N)=O)C(=O)Nc1ccc(N2CCc3sccc3C2)cc1. The molecule has 0 aliphatic carbocycles. The Morgan fingerprint density at radius 1 is 1.26 bits per heavy atom. The lowest BCUT2D eigenvalue weighted by atomic mass is 10.1. The highest BCUT2D eigenvalue weighted by Crippen LogP contribution is 2.28. The number of nitrogens with one attached hydrogen (secondary N) is 2. The molecule has 0 bridgehead atoms. The van der Waals surface area contributed by atoms with Crippen LogP contribution in [-0.2, 0) is 17.8 Å². The Morgan fingerprint density at radius 2 is 2.04 bits per heavy atom. The minimum Gasteiger partial charge on any atom is -0.367 e. The average Bonchev–Trinajstić information content (AvgIpc) is 3.13. The Hall–Kier alpha value is -2.54. The lowest BCUT2D eigenvalue weighted by Crippen LogP contribution is -2.46. The minimum absolute atomic E-state index is 0.240. The Labute approximate surface area is 163 Å². The predicted octanol–water partition coefficient (Wildman–Crippen LogP) is 3.48. The maximum absolute atomic E-state index is 12.5. The molecule has 7 heteroatoms. The molecule has 2 aromatic rings. The van der Waals surface area contributed by atoms with Crippen LogP contribution >= 0.6 is 11.3 Å². The molecule has 2 heterocycles. The molecule has 1 aromatic carbocycles. The van der Waals surface area contributed by atoms with Gasteiger partial charge in [0.15, 0.2) is 0 Å². The van der Waals surface area contributed by atoms with Gasteiger partial charge in [0.2, 0.25) is 5.91 Å². The lowest BCUT2D eigenvalue weighted by Gasteiger charge is -2.29. The van der Waals surface area contributed by atoms with E-state index < -0.39 is 12.1 Å². The fourth-order valence-corrected chi connectivity index (χ4v) is 4.19. The molecule has 0 fully saturated rings. The molecular formula is C20H26N4O2S. The first-order chi connectivity index (χ1) is 13.1. The summed E-state index contributed by atoms with van der Waals surface area (Å²) >= 11 is 1.83. The molecule has 0 spiro atoms. The van der Waals surface area contributed by atoms with Crippen LogP contribution in [0.2, 0.25) is 0 Å². The van der Waals surface area contributed by atoms with Crippen molar-refractivity contribution in [3.8, 4) is 0 Å². The number of benzene rings is 1. The van der Waals surface area contributed by atoms with Crippen LogP contribution in [0.1, 0.15) is 36.6 Å². The Kier molecular flexibility index (Phi) is 6.34. The van der Waals surface area contributed by atoms with Crippen molar-refractivity contribution < 1.29 is 9.59 Å². The van der Waals surface area contributed by atoms with Crippen LogP contribution in [0.15, 0.2) is 35.7 Å². The van der Waals surface area contributed by atoms with Gasteiger partial charge in [-0.3, -0.25) is 4.79 Å². The number of anilines is 2. The number of amides is 3. The second-order valence-corrected chi connectivity index (χ2v) is 7.78. The zero-order valence-electron chi connectivity index (χ0n) is 15.5. The molecule has 4 N–H and O–H groups in total. The molecule has 144 valence electrons. The first-order valence-electron chi connectivity index (χ1n) is 9.34. The van der Waals surface area contributed by atoms with Gasteiger partial charge < -0.3 is 21.3 Å². The van der Waals surface area contributed by atoms with Gasteiger partial charge in [-0.05, 0) is 54.1 Å². The highest BCUT2D eigenvalue weighted by Gasteiger charge is 2.20. The van der Waals surface area contributed by atoms with Crippen molar-refractivity contribution >= 4 is 34.6 Å². The fraction of sp³-hybridized carbons (Fsp3) is 0.400. The molecule has 1 unspecified atom stereocenters. The zero-order valence-corrected chi connectivity index (χ0v) is 16.3. The van der Waals surface area contributed by atoms with Crippen LogP contribution in [0.25, 0.3) is 0 Å². The third-order valence-electron chi connectivity index (χ3n) is 4.79. The molecule has 0 saturated carbocycles. The van der Waals surface area contributed by atoms with Crippen LogP contribution in [0, 0.1) is 0 Å². The van der Waals surface area contributed by atoms with E-state index in [1.54, 1.807) is 0 Å². The van der Waals surface area contributed by atoms with E-state index in [1.807, 2.05) is 42.5 Å². The van der Waals surface area contributed by atoms with Gasteiger partial charge in [-0.25, -0.2) is 4.79 Å². The number of thiophene rings is 1. The van der Waals surface area contributed by atoms with Crippen LogP contribution in [0.3, 0.4) is 0 Å². The Balaban J connectivity index is 1.61. The summed E-state index contributed by atoms with van der Waals surface area (Å²) in [4.78, 5) is 27.4.